The topological polar surface area (TPSA) is 85.0 Å². The van der Waals surface area contributed by atoms with Gasteiger partial charge in [0.2, 0.25) is 0 Å². The van der Waals surface area contributed by atoms with Crippen molar-refractivity contribution in [3.8, 4) is 0 Å². The number of benzene rings is 1. The van der Waals surface area contributed by atoms with Crippen LogP contribution in [0.15, 0.2) is 47.7 Å². The number of nitrogens with zero attached hydrogens (tertiary/aromatic N) is 6. The van der Waals surface area contributed by atoms with Crippen LogP contribution in [0.4, 0.5) is 0 Å². The predicted octanol–water partition coefficient (Wildman–Crippen LogP) is 2.77. The Kier molecular flexibility index (Phi) is 8.86. The molecule has 0 radical (unpaired) electrons. The lowest BCUT2D eigenvalue weighted by Gasteiger charge is -2.14. The molecule has 0 spiro atoms. The van der Waals surface area contributed by atoms with Crippen LogP contribution in [0.1, 0.15) is 42.0 Å². The zero-order chi connectivity index (χ0) is 20.6. The number of hydrogen-bond donors (Lipinski definition) is 2. The van der Waals surface area contributed by atoms with Crippen LogP contribution in [0.2, 0.25) is 0 Å². The Hall–Kier alpha value is -2.43. The molecule has 0 atom stereocenters. The zero-order valence-corrected chi connectivity index (χ0v) is 20.3. The van der Waals surface area contributed by atoms with Gasteiger partial charge in [-0.05, 0) is 30.0 Å². The van der Waals surface area contributed by atoms with Crippen molar-refractivity contribution >= 4 is 29.9 Å². The van der Waals surface area contributed by atoms with Gasteiger partial charge in [-0.2, -0.15) is 5.10 Å². The Morgan fingerprint density at radius 1 is 1.06 bits per heavy atom. The van der Waals surface area contributed by atoms with E-state index < -0.39 is 0 Å². The van der Waals surface area contributed by atoms with Gasteiger partial charge in [-0.3, -0.25) is 9.67 Å². The van der Waals surface area contributed by atoms with Gasteiger partial charge in [-0.1, -0.05) is 30.7 Å². The summed E-state index contributed by atoms with van der Waals surface area (Å²) in [5, 5.41) is 19.9. The molecule has 9 heteroatoms. The summed E-state index contributed by atoms with van der Waals surface area (Å²) in [4.78, 5) is 4.36. The fraction of sp³-hybridized carbons (Fsp3) is 0.455. The lowest BCUT2D eigenvalue weighted by molar-refractivity contribution is 0.600. The molecule has 0 amide bonds. The third kappa shape index (κ3) is 6.28. The van der Waals surface area contributed by atoms with Gasteiger partial charge in [0, 0.05) is 51.9 Å². The number of halogens is 1. The molecule has 4 rings (SSSR count). The molecule has 2 N–H and O–H groups in total. The van der Waals surface area contributed by atoms with Crippen molar-refractivity contribution in [3.63, 3.8) is 0 Å². The number of fused-ring (bicyclic) bond motifs is 1. The van der Waals surface area contributed by atoms with Crippen molar-refractivity contribution in [2.75, 3.05) is 13.6 Å². The molecule has 3 aromatic rings. The minimum Gasteiger partial charge on any atom is -0.356 e. The van der Waals surface area contributed by atoms with E-state index >= 15 is 0 Å². The van der Waals surface area contributed by atoms with Crippen molar-refractivity contribution in [3.05, 3.63) is 65.5 Å². The Morgan fingerprint density at radius 3 is 2.74 bits per heavy atom. The van der Waals surface area contributed by atoms with Crippen LogP contribution in [0.3, 0.4) is 0 Å². The van der Waals surface area contributed by atoms with Gasteiger partial charge in [0.1, 0.15) is 11.6 Å². The van der Waals surface area contributed by atoms with Gasteiger partial charge in [0.25, 0.3) is 0 Å². The molecule has 1 aromatic carbocycles. The number of aliphatic imine (C=N–C) groups is 1. The maximum Gasteiger partial charge on any atom is 0.191 e. The molecule has 1 aliphatic heterocycles. The fourth-order valence-electron chi connectivity index (χ4n) is 3.88. The van der Waals surface area contributed by atoms with E-state index in [1.165, 1.54) is 30.4 Å². The lowest BCUT2D eigenvalue weighted by atomic mass is 10.1. The van der Waals surface area contributed by atoms with Crippen LogP contribution in [0.25, 0.3) is 0 Å². The molecule has 2 aromatic heterocycles. The van der Waals surface area contributed by atoms with Crippen molar-refractivity contribution in [2.24, 2.45) is 4.99 Å². The monoisotopic (exact) mass is 534 g/mol. The molecule has 0 fully saturated rings. The van der Waals surface area contributed by atoms with Gasteiger partial charge in [0.15, 0.2) is 5.96 Å². The third-order valence-electron chi connectivity index (χ3n) is 5.51. The van der Waals surface area contributed by atoms with Crippen LogP contribution < -0.4 is 10.6 Å². The highest BCUT2D eigenvalue weighted by atomic mass is 127. The standard InChI is InChI=1S/C22H30N8.HI/c1-23-22(24-13-11-21-28-27-20-10-3-2-6-15-30(20)21)25-16-18-8-4-5-9-19(18)17-29-14-7-12-26-29;/h4-5,7-9,12,14H,2-3,6,10-11,13,15-17H2,1H3,(H2,23,24,25);1H. The van der Waals surface area contributed by atoms with E-state index in [0.29, 0.717) is 6.54 Å². The van der Waals surface area contributed by atoms with Crippen LogP contribution in [-0.4, -0.2) is 44.1 Å². The van der Waals surface area contributed by atoms with Crippen LogP contribution >= 0.6 is 24.0 Å². The van der Waals surface area contributed by atoms with Gasteiger partial charge < -0.3 is 15.2 Å². The molecular formula is C22H31IN8. The number of guanidine groups is 1. The second-order valence-corrected chi connectivity index (χ2v) is 7.57. The Morgan fingerprint density at radius 2 is 1.94 bits per heavy atom. The first kappa shape index (κ1) is 23.2. The van der Waals surface area contributed by atoms with E-state index in [1.807, 2.05) is 16.9 Å². The molecule has 8 nitrogen and oxygen atoms in total. The highest BCUT2D eigenvalue weighted by molar-refractivity contribution is 14.0. The second-order valence-electron chi connectivity index (χ2n) is 7.57. The quantitative estimate of drug-likeness (QED) is 0.277. The summed E-state index contributed by atoms with van der Waals surface area (Å²) in [6.07, 6.45) is 9.38. The lowest BCUT2D eigenvalue weighted by Crippen LogP contribution is -2.38. The van der Waals surface area contributed by atoms with Gasteiger partial charge in [0.05, 0.1) is 6.54 Å². The zero-order valence-electron chi connectivity index (χ0n) is 18.0. The van der Waals surface area contributed by atoms with Crippen molar-refractivity contribution in [1.29, 1.82) is 0 Å². The summed E-state index contributed by atoms with van der Waals surface area (Å²) >= 11 is 0. The first-order chi connectivity index (χ1) is 14.8. The Bertz CT molecular complexity index is 964. The summed E-state index contributed by atoms with van der Waals surface area (Å²) in [6, 6.07) is 10.4. The minimum absolute atomic E-state index is 0. The normalized spacial score (nSPS) is 13.8. The van der Waals surface area contributed by atoms with Gasteiger partial charge in [-0.15, -0.1) is 34.2 Å². The average molecular weight is 534 g/mol. The molecule has 0 unspecified atom stereocenters. The first-order valence-corrected chi connectivity index (χ1v) is 10.7. The van der Waals surface area contributed by atoms with Gasteiger partial charge in [-0.25, -0.2) is 0 Å². The van der Waals surface area contributed by atoms with Crippen LogP contribution in [0.5, 0.6) is 0 Å². The van der Waals surface area contributed by atoms with E-state index in [4.69, 9.17) is 0 Å². The van der Waals surface area contributed by atoms with Gasteiger partial charge >= 0.3 is 0 Å². The molecule has 0 saturated heterocycles. The second kappa shape index (κ2) is 11.8. The molecule has 31 heavy (non-hydrogen) atoms. The molecule has 166 valence electrons. The molecule has 0 bridgehead atoms. The SMILES string of the molecule is CN=C(NCCc1nnc2n1CCCCC2)NCc1ccccc1Cn1cccn1.I. The molecule has 3 heterocycles. The minimum atomic E-state index is 0. The molecule has 0 aliphatic carbocycles. The maximum absolute atomic E-state index is 4.41. The van der Waals surface area contributed by atoms with E-state index in [9.17, 15) is 0 Å². The highest BCUT2D eigenvalue weighted by Gasteiger charge is 2.14. The largest absolute Gasteiger partial charge is 0.356 e. The number of hydrogen-bond acceptors (Lipinski definition) is 4. The van der Waals surface area contributed by atoms with Crippen LogP contribution in [-0.2, 0) is 32.5 Å². The smallest absolute Gasteiger partial charge is 0.191 e. The number of aryl methyl sites for hydroxylation is 1. The molecular weight excluding hydrogens is 503 g/mol. The number of nitrogens with one attached hydrogen (secondary N) is 2. The van der Waals surface area contributed by atoms with Crippen LogP contribution in [0, 0.1) is 0 Å². The first-order valence-electron chi connectivity index (χ1n) is 10.7. The van der Waals surface area contributed by atoms with Crippen molar-refractivity contribution < 1.29 is 0 Å². The maximum atomic E-state index is 4.41. The van der Waals surface area contributed by atoms with E-state index in [2.05, 4.69) is 59.8 Å². The number of rotatable bonds is 7. The highest BCUT2D eigenvalue weighted by Crippen LogP contribution is 2.14. The summed E-state index contributed by atoms with van der Waals surface area (Å²) < 4.78 is 4.24. The van der Waals surface area contributed by atoms with E-state index in [-0.39, 0.29) is 24.0 Å². The molecule has 1 aliphatic rings. The van der Waals surface area contributed by atoms with E-state index in [1.54, 1.807) is 13.2 Å². The molecule has 0 saturated carbocycles. The Labute approximate surface area is 200 Å². The summed E-state index contributed by atoms with van der Waals surface area (Å²) in [7, 11) is 1.80. The summed E-state index contributed by atoms with van der Waals surface area (Å²) in [5.74, 6) is 3.00. The summed E-state index contributed by atoms with van der Waals surface area (Å²) in [6.45, 7) is 3.27. The average Bonchev–Trinajstić information content (AvgIpc) is 3.35. The summed E-state index contributed by atoms with van der Waals surface area (Å²) in [5.41, 5.74) is 2.48. The Balaban J connectivity index is 0.00000272. The number of aromatic nitrogens is 5. The van der Waals surface area contributed by atoms with E-state index in [0.717, 1.165) is 50.1 Å². The van der Waals surface area contributed by atoms with Crippen molar-refractivity contribution in [2.45, 2.75) is 51.7 Å². The fourth-order valence-corrected chi connectivity index (χ4v) is 3.88. The predicted molar refractivity (Wildman–Crippen MR) is 133 cm³/mol. The third-order valence-corrected chi connectivity index (χ3v) is 5.51. The van der Waals surface area contributed by atoms with Crippen molar-refractivity contribution in [1.82, 2.24) is 35.2 Å².